The lowest BCUT2D eigenvalue weighted by Crippen LogP contribution is -2.55. The molecule has 4 nitrogen and oxygen atoms in total. The van der Waals surface area contributed by atoms with E-state index < -0.39 is 5.54 Å². The molecule has 2 aliphatic rings. The molecule has 4 heteroatoms. The van der Waals surface area contributed by atoms with Gasteiger partial charge in [-0.1, -0.05) is 19.3 Å². The molecular weight excluding hydrogens is 264 g/mol. The van der Waals surface area contributed by atoms with Crippen LogP contribution in [0.5, 0.6) is 0 Å². The first-order valence-electron chi connectivity index (χ1n) is 8.54. The number of carbonyl (C=O) groups excluding carboxylic acids is 1. The molecule has 0 radical (unpaired) electrons. The Labute approximate surface area is 129 Å². The fourth-order valence-electron chi connectivity index (χ4n) is 3.69. The first kappa shape index (κ1) is 16.8. The topological polar surface area (TPSA) is 41.6 Å². The van der Waals surface area contributed by atoms with Crippen molar-refractivity contribution in [2.24, 2.45) is 0 Å². The summed E-state index contributed by atoms with van der Waals surface area (Å²) in [6, 6.07) is 1.56. The van der Waals surface area contributed by atoms with Crippen LogP contribution in [-0.2, 0) is 9.53 Å². The number of nitrogens with one attached hydrogen (secondary N) is 1. The monoisotopic (exact) mass is 296 g/mol. The van der Waals surface area contributed by atoms with E-state index in [1.165, 1.54) is 52.1 Å². The van der Waals surface area contributed by atoms with E-state index in [0.29, 0.717) is 18.1 Å². The highest BCUT2D eigenvalue weighted by atomic mass is 16.5. The van der Waals surface area contributed by atoms with Crippen LogP contribution in [-0.4, -0.2) is 48.7 Å². The number of nitrogens with zero attached hydrogens (tertiary/aromatic N) is 1. The third-order valence-corrected chi connectivity index (χ3v) is 5.29. The fourth-order valence-corrected chi connectivity index (χ4v) is 3.69. The van der Waals surface area contributed by atoms with E-state index in [1.807, 2.05) is 6.92 Å². The Hall–Kier alpha value is -0.610. The molecule has 2 aliphatic carbocycles. The maximum absolute atomic E-state index is 12.2. The summed E-state index contributed by atoms with van der Waals surface area (Å²) < 4.78 is 5.05. The Kier molecular flexibility index (Phi) is 5.67. The van der Waals surface area contributed by atoms with Crippen molar-refractivity contribution in [3.63, 3.8) is 0 Å². The second-order valence-electron chi connectivity index (χ2n) is 7.25. The van der Waals surface area contributed by atoms with Gasteiger partial charge in [-0.15, -0.1) is 0 Å². The summed E-state index contributed by atoms with van der Waals surface area (Å²) in [4.78, 5) is 14.7. The molecule has 0 bridgehead atoms. The van der Waals surface area contributed by atoms with E-state index in [9.17, 15) is 4.79 Å². The van der Waals surface area contributed by atoms with Crippen molar-refractivity contribution in [3.8, 4) is 0 Å². The third kappa shape index (κ3) is 4.43. The van der Waals surface area contributed by atoms with E-state index in [-0.39, 0.29) is 5.97 Å². The normalized spacial score (nSPS) is 24.6. The Bertz CT molecular complexity index is 351. The van der Waals surface area contributed by atoms with Crippen LogP contribution >= 0.6 is 0 Å². The van der Waals surface area contributed by atoms with Crippen molar-refractivity contribution < 1.29 is 9.53 Å². The van der Waals surface area contributed by atoms with Crippen molar-refractivity contribution in [1.82, 2.24) is 10.2 Å². The molecular formula is C17H32N2O2. The highest BCUT2D eigenvalue weighted by Crippen LogP contribution is 2.29. The molecule has 0 saturated heterocycles. The number of methoxy groups -OCH3 is 1. The summed E-state index contributed by atoms with van der Waals surface area (Å²) in [5.41, 5.74) is -0.557. The van der Waals surface area contributed by atoms with Crippen LogP contribution in [0.15, 0.2) is 0 Å². The predicted octanol–water partition coefficient (Wildman–Crippen LogP) is 2.71. The largest absolute Gasteiger partial charge is 0.468 e. The molecule has 1 N–H and O–H groups in total. The van der Waals surface area contributed by atoms with E-state index in [1.54, 1.807) is 0 Å². The van der Waals surface area contributed by atoms with Gasteiger partial charge in [0.05, 0.1) is 7.11 Å². The molecule has 0 heterocycles. The van der Waals surface area contributed by atoms with E-state index in [0.717, 1.165) is 6.42 Å². The zero-order valence-electron chi connectivity index (χ0n) is 14.2. The van der Waals surface area contributed by atoms with Gasteiger partial charge in [0, 0.05) is 18.1 Å². The maximum atomic E-state index is 12.2. The molecule has 21 heavy (non-hydrogen) atoms. The van der Waals surface area contributed by atoms with E-state index in [2.05, 4.69) is 24.2 Å². The fraction of sp³-hybridized carbons (Fsp3) is 0.941. The highest BCUT2D eigenvalue weighted by Gasteiger charge is 2.41. The SMILES string of the molecule is COC(=O)C(C)(CC(C)N(C)C1CCCCC1)NC1CC1. The second-order valence-corrected chi connectivity index (χ2v) is 7.25. The molecule has 0 aliphatic heterocycles. The van der Waals surface area contributed by atoms with Crippen LogP contribution in [0.25, 0.3) is 0 Å². The summed E-state index contributed by atoms with van der Waals surface area (Å²) in [7, 11) is 3.71. The number of carbonyl (C=O) groups is 1. The first-order chi connectivity index (χ1) is 9.96. The van der Waals surface area contributed by atoms with Crippen LogP contribution in [0.4, 0.5) is 0 Å². The first-order valence-corrected chi connectivity index (χ1v) is 8.54. The molecule has 0 amide bonds. The van der Waals surface area contributed by atoms with Crippen molar-refractivity contribution in [2.45, 2.75) is 88.9 Å². The lowest BCUT2D eigenvalue weighted by molar-refractivity contribution is -0.149. The van der Waals surface area contributed by atoms with Gasteiger partial charge >= 0.3 is 5.97 Å². The zero-order chi connectivity index (χ0) is 15.5. The molecule has 2 saturated carbocycles. The van der Waals surface area contributed by atoms with Gasteiger partial charge in [-0.05, 0) is 53.0 Å². The maximum Gasteiger partial charge on any atom is 0.325 e. The number of esters is 1. The molecule has 2 atom stereocenters. The van der Waals surface area contributed by atoms with Gasteiger partial charge in [-0.2, -0.15) is 0 Å². The number of ether oxygens (including phenoxy) is 1. The Morgan fingerprint density at radius 2 is 1.90 bits per heavy atom. The van der Waals surface area contributed by atoms with E-state index in [4.69, 9.17) is 4.74 Å². The minimum absolute atomic E-state index is 0.127. The average Bonchev–Trinajstić information content (AvgIpc) is 3.29. The van der Waals surface area contributed by atoms with Crippen LogP contribution in [0.2, 0.25) is 0 Å². The van der Waals surface area contributed by atoms with Gasteiger partial charge in [0.15, 0.2) is 0 Å². The van der Waals surface area contributed by atoms with Gasteiger partial charge in [-0.25, -0.2) is 0 Å². The van der Waals surface area contributed by atoms with E-state index >= 15 is 0 Å². The Morgan fingerprint density at radius 3 is 2.43 bits per heavy atom. The van der Waals surface area contributed by atoms with Crippen molar-refractivity contribution >= 4 is 5.97 Å². The molecule has 122 valence electrons. The highest BCUT2D eigenvalue weighted by molar-refractivity contribution is 5.80. The van der Waals surface area contributed by atoms with Gasteiger partial charge < -0.3 is 9.64 Å². The number of rotatable bonds is 7. The lowest BCUT2D eigenvalue weighted by atomic mass is 9.89. The minimum Gasteiger partial charge on any atom is -0.468 e. The summed E-state index contributed by atoms with van der Waals surface area (Å²) in [5, 5.41) is 3.51. The van der Waals surface area contributed by atoms with Crippen molar-refractivity contribution in [2.75, 3.05) is 14.2 Å². The smallest absolute Gasteiger partial charge is 0.325 e. The Balaban J connectivity index is 1.95. The zero-order valence-corrected chi connectivity index (χ0v) is 14.2. The summed E-state index contributed by atoms with van der Waals surface area (Å²) in [5.74, 6) is -0.127. The summed E-state index contributed by atoms with van der Waals surface area (Å²) >= 11 is 0. The van der Waals surface area contributed by atoms with Crippen molar-refractivity contribution in [3.05, 3.63) is 0 Å². The molecule has 0 spiro atoms. The van der Waals surface area contributed by atoms with Crippen LogP contribution in [0, 0.1) is 0 Å². The van der Waals surface area contributed by atoms with Crippen molar-refractivity contribution in [1.29, 1.82) is 0 Å². The molecule has 0 aromatic heterocycles. The van der Waals surface area contributed by atoms with Gasteiger partial charge in [0.2, 0.25) is 0 Å². The third-order valence-electron chi connectivity index (χ3n) is 5.29. The quantitative estimate of drug-likeness (QED) is 0.734. The van der Waals surface area contributed by atoms with Gasteiger partial charge in [0.1, 0.15) is 5.54 Å². The van der Waals surface area contributed by atoms with Crippen LogP contribution < -0.4 is 5.32 Å². The average molecular weight is 296 g/mol. The minimum atomic E-state index is -0.557. The summed E-state index contributed by atoms with van der Waals surface area (Å²) in [6.07, 6.45) is 9.83. The van der Waals surface area contributed by atoms with Crippen LogP contribution in [0.1, 0.15) is 65.2 Å². The molecule has 2 fully saturated rings. The molecule has 2 unspecified atom stereocenters. The lowest BCUT2D eigenvalue weighted by Gasteiger charge is -2.39. The summed E-state index contributed by atoms with van der Waals surface area (Å²) in [6.45, 7) is 4.24. The predicted molar refractivity (Wildman–Crippen MR) is 85.3 cm³/mol. The Morgan fingerprint density at radius 1 is 1.29 bits per heavy atom. The molecule has 2 rings (SSSR count). The molecule has 0 aromatic carbocycles. The molecule has 0 aromatic rings. The van der Waals surface area contributed by atoms with Gasteiger partial charge in [0.25, 0.3) is 0 Å². The number of hydrogen-bond donors (Lipinski definition) is 1. The number of hydrogen-bond acceptors (Lipinski definition) is 4. The van der Waals surface area contributed by atoms with Crippen LogP contribution in [0.3, 0.4) is 0 Å². The van der Waals surface area contributed by atoms with Gasteiger partial charge in [-0.3, -0.25) is 10.1 Å². The standard InChI is InChI=1S/C17H32N2O2/c1-13(19(3)15-8-6-5-7-9-15)12-17(2,16(20)21-4)18-14-10-11-14/h13-15,18H,5-12H2,1-4H3. The second kappa shape index (κ2) is 7.10.